The molecule has 2 aromatic carbocycles. The minimum absolute atomic E-state index is 0.00802. The fourth-order valence-electron chi connectivity index (χ4n) is 2.92. The van der Waals surface area contributed by atoms with Crippen molar-refractivity contribution in [2.45, 2.75) is 11.3 Å². The van der Waals surface area contributed by atoms with Crippen molar-refractivity contribution in [3.63, 3.8) is 0 Å². The highest BCUT2D eigenvalue weighted by Crippen LogP contribution is 2.30. The van der Waals surface area contributed by atoms with Crippen LogP contribution in [-0.4, -0.2) is 48.2 Å². The number of carbonyl (C=O) groups excluding carboxylic acids is 1. The van der Waals surface area contributed by atoms with Crippen LogP contribution in [0, 0.1) is 0 Å². The number of methoxy groups -OCH3 is 1. The second-order valence-electron chi connectivity index (χ2n) is 6.47. The number of hydrogen-bond acceptors (Lipinski definition) is 6. The summed E-state index contributed by atoms with van der Waals surface area (Å²) in [7, 11) is -0.959. The first-order valence-electron chi connectivity index (χ1n) is 9.39. The Hall–Kier alpha value is -3.04. The minimum atomic E-state index is -3.68. The number of amides is 1. The Morgan fingerprint density at radius 1 is 1.13 bits per heavy atom. The third-order valence-corrected chi connectivity index (χ3v) is 5.93. The van der Waals surface area contributed by atoms with Gasteiger partial charge >= 0.3 is 0 Å². The van der Waals surface area contributed by atoms with Crippen molar-refractivity contribution in [2.24, 2.45) is 0 Å². The molecule has 0 radical (unpaired) electrons. The molecule has 0 atom stereocenters. The summed E-state index contributed by atoms with van der Waals surface area (Å²) >= 11 is 0. The summed E-state index contributed by atoms with van der Waals surface area (Å²) in [6.45, 7) is 1.52. The van der Waals surface area contributed by atoms with Gasteiger partial charge in [0.25, 0.3) is 0 Å². The van der Waals surface area contributed by atoms with Gasteiger partial charge in [-0.2, -0.15) is 0 Å². The number of fused-ring (bicyclic) bond motifs is 1. The molecule has 0 aliphatic carbocycles. The lowest BCUT2D eigenvalue weighted by molar-refractivity contribution is -0.116. The highest BCUT2D eigenvalue weighted by Gasteiger charge is 2.17. The monoisotopic (exact) mass is 432 g/mol. The molecule has 2 N–H and O–H groups in total. The van der Waals surface area contributed by atoms with E-state index in [-0.39, 0.29) is 16.6 Å². The second kappa shape index (κ2) is 9.64. The number of sulfonamides is 1. The Balaban J connectivity index is 1.58. The summed E-state index contributed by atoms with van der Waals surface area (Å²) in [4.78, 5) is 12.1. The molecular weight excluding hydrogens is 408 g/mol. The average Bonchev–Trinajstić information content (AvgIpc) is 2.77. The Bertz CT molecular complexity index is 1050. The van der Waals surface area contributed by atoms with Crippen LogP contribution >= 0.6 is 0 Å². The first kappa shape index (κ1) is 21.7. The highest BCUT2D eigenvalue weighted by molar-refractivity contribution is 7.89. The quantitative estimate of drug-likeness (QED) is 0.616. The molecule has 0 saturated carbocycles. The van der Waals surface area contributed by atoms with Crippen molar-refractivity contribution >= 4 is 22.0 Å². The second-order valence-corrected chi connectivity index (χ2v) is 8.33. The molecule has 1 heterocycles. The van der Waals surface area contributed by atoms with Gasteiger partial charge in [-0.05, 0) is 54.9 Å². The van der Waals surface area contributed by atoms with Crippen LogP contribution in [0.1, 0.15) is 11.1 Å². The number of carbonyl (C=O) groups is 1. The molecule has 8 nitrogen and oxygen atoms in total. The molecule has 30 heavy (non-hydrogen) atoms. The summed E-state index contributed by atoms with van der Waals surface area (Å²) in [6, 6.07) is 10.4. The van der Waals surface area contributed by atoms with Crippen molar-refractivity contribution in [1.29, 1.82) is 0 Å². The van der Waals surface area contributed by atoms with Crippen LogP contribution in [0.4, 0.5) is 0 Å². The zero-order valence-corrected chi connectivity index (χ0v) is 17.6. The third-order valence-electron chi connectivity index (χ3n) is 4.49. The van der Waals surface area contributed by atoms with Gasteiger partial charge in [0.1, 0.15) is 23.9 Å². The van der Waals surface area contributed by atoms with Crippen molar-refractivity contribution < 1.29 is 27.4 Å². The van der Waals surface area contributed by atoms with Gasteiger partial charge < -0.3 is 19.5 Å². The molecule has 2 aromatic rings. The summed E-state index contributed by atoms with van der Waals surface area (Å²) < 4.78 is 42.7. The summed E-state index contributed by atoms with van der Waals surface area (Å²) in [6.07, 6.45) is 3.55. The van der Waals surface area contributed by atoms with Crippen LogP contribution in [0.3, 0.4) is 0 Å². The van der Waals surface area contributed by atoms with Crippen LogP contribution in [0.2, 0.25) is 0 Å². The average molecular weight is 432 g/mol. The Labute approximate surface area is 175 Å². The number of hydrogen-bond donors (Lipinski definition) is 2. The zero-order valence-electron chi connectivity index (χ0n) is 16.8. The molecule has 0 unspecified atom stereocenters. The summed E-state index contributed by atoms with van der Waals surface area (Å²) in [5.41, 5.74) is 1.59. The van der Waals surface area contributed by atoms with E-state index in [1.807, 2.05) is 18.2 Å². The fraction of sp³-hybridized carbons (Fsp3) is 0.286. The van der Waals surface area contributed by atoms with Crippen LogP contribution in [-0.2, 0) is 21.2 Å². The van der Waals surface area contributed by atoms with E-state index >= 15 is 0 Å². The zero-order chi connectivity index (χ0) is 21.6. The highest BCUT2D eigenvalue weighted by atomic mass is 32.2. The normalized spacial score (nSPS) is 13.3. The maximum Gasteiger partial charge on any atom is 0.244 e. The minimum Gasteiger partial charge on any atom is -0.495 e. The van der Waals surface area contributed by atoms with E-state index in [2.05, 4.69) is 10.0 Å². The van der Waals surface area contributed by atoms with Crippen molar-refractivity contribution in [1.82, 2.24) is 10.0 Å². The van der Waals surface area contributed by atoms with Gasteiger partial charge in [-0.1, -0.05) is 12.1 Å². The van der Waals surface area contributed by atoms with Gasteiger partial charge in [0.05, 0.1) is 7.11 Å². The first-order valence-corrected chi connectivity index (χ1v) is 10.9. The van der Waals surface area contributed by atoms with Gasteiger partial charge in [-0.15, -0.1) is 0 Å². The molecule has 1 aliphatic rings. The Kier molecular flexibility index (Phi) is 6.96. The van der Waals surface area contributed by atoms with Gasteiger partial charge in [0.2, 0.25) is 15.9 Å². The molecule has 9 heteroatoms. The molecule has 3 rings (SSSR count). The van der Waals surface area contributed by atoms with E-state index in [9.17, 15) is 13.2 Å². The van der Waals surface area contributed by atoms with Gasteiger partial charge in [0.15, 0.2) is 11.5 Å². The van der Waals surface area contributed by atoms with Gasteiger partial charge in [0, 0.05) is 12.6 Å². The Morgan fingerprint density at radius 3 is 2.63 bits per heavy atom. The van der Waals surface area contributed by atoms with Crippen molar-refractivity contribution in [2.75, 3.05) is 33.9 Å². The van der Waals surface area contributed by atoms with Crippen molar-refractivity contribution in [3.8, 4) is 17.2 Å². The first-order chi connectivity index (χ1) is 14.4. The fourth-order valence-corrected chi connectivity index (χ4v) is 3.85. The number of rotatable bonds is 8. The molecule has 0 aromatic heterocycles. The van der Waals surface area contributed by atoms with E-state index in [0.29, 0.717) is 31.7 Å². The standard InChI is InChI=1S/C21H24N2O6S/c1-22-30(25,26)20-14-15(4-7-18(20)27-2)5-8-21(24)23-10-9-16-3-6-17-19(13-16)29-12-11-28-17/h3-8,13-14,22H,9-12H2,1-2H3,(H,23,24)/b8-5+. The van der Waals surface area contributed by atoms with Crippen LogP contribution < -0.4 is 24.2 Å². The van der Waals surface area contributed by atoms with Crippen LogP contribution in [0.5, 0.6) is 17.2 Å². The van der Waals surface area contributed by atoms with E-state index in [4.69, 9.17) is 14.2 Å². The predicted molar refractivity (Wildman–Crippen MR) is 112 cm³/mol. The summed E-state index contributed by atoms with van der Waals surface area (Å²) in [5, 5.41) is 2.81. The molecule has 1 aliphatic heterocycles. The molecule has 160 valence electrons. The van der Waals surface area contributed by atoms with E-state index in [0.717, 1.165) is 17.1 Å². The topological polar surface area (TPSA) is 103 Å². The van der Waals surface area contributed by atoms with E-state index < -0.39 is 10.0 Å². The lowest BCUT2D eigenvalue weighted by atomic mass is 10.1. The largest absolute Gasteiger partial charge is 0.495 e. The molecule has 0 bridgehead atoms. The maximum atomic E-state index is 12.1. The summed E-state index contributed by atoms with van der Waals surface area (Å²) in [5.74, 6) is 1.40. The third kappa shape index (κ3) is 5.31. The maximum absolute atomic E-state index is 12.1. The van der Waals surface area contributed by atoms with Gasteiger partial charge in [-0.3, -0.25) is 4.79 Å². The predicted octanol–water partition coefficient (Wildman–Crippen LogP) is 1.75. The molecule has 0 spiro atoms. The lowest BCUT2D eigenvalue weighted by Gasteiger charge is -2.18. The molecule has 1 amide bonds. The van der Waals surface area contributed by atoms with Crippen LogP contribution in [0.15, 0.2) is 47.4 Å². The van der Waals surface area contributed by atoms with Crippen molar-refractivity contribution in [3.05, 3.63) is 53.6 Å². The lowest BCUT2D eigenvalue weighted by Crippen LogP contribution is -2.23. The van der Waals surface area contributed by atoms with Crippen LogP contribution in [0.25, 0.3) is 6.08 Å². The number of nitrogens with one attached hydrogen (secondary N) is 2. The number of ether oxygens (including phenoxy) is 3. The van der Waals surface area contributed by atoms with Gasteiger partial charge in [-0.25, -0.2) is 13.1 Å². The number of benzene rings is 2. The molecule has 0 fully saturated rings. The van der Waals surface area contributed by atoms with E-state index in [1.165, 1.54) is 26.3 Å². The Morgan fingerprint density at radius 2 is 1.90 bits per heavy atom. The SMILES string of the molecule is CNS(=O)(=O)c1cc(/C=C/C(=O)NCCc2ccc3c(c2)OCCO3)ccc1OC. The molecule has 0 saturated heterocycles. The molecular formula is C21H24N2O6S. The van der Waals surface area contributed by atoms with E-state index in [1.54, 1.807) is 18.2 Å². The smallest absolute Gasteiger partial charge is 0.244 e.